The van der Waals surface area contributed by atoms with Gasteiger partial charge < -0.3 is 15.2 Å². The van der Waals surface area contributed by atoms with Crippen LogP contribution in [0.5, 0.6) is 5.75 Å². The van der Waals surface area contributed by atoms with E-state index in [0.717, 1.165) is 17.9 Å². The number of carboxylic acids is 1. The van der Waals surface area contributed by atoms with Crippen molar-refractivity contribution in [2.75, 3.05) is 20.2 Å². The third-order valence-electron chi connectivity index (χ3n) is 3.08. The third-order valence-corrected chi connectivity index (χ3v) is 3.08. The highest BCUT2D eigenvalue weighted by Crippen LogP contribution is 2.29. The molecule has 1 heterocycles. The molecule has 0 bridgehead atoms. The van der Waals surface area contributed by atoms with E-state index in [0.29, 0.717) is 6.54 Å². The van der Waals surface area contributed by atoms with Crippen molar-refractivity contribution in [2.45, 2.75) is 5.92 Å². The molecule has 17 heavy (non-hydrogen) atoms. The number of hydrogen-bond acceptors (Lipinski definition) is 3. The minimum Gasteiger partial charge on any atom is -0.497 e. The van der Waals surface area contributed by atoms with Crippen LogP contribution in [-0.2, 0) is 4.79 Å². The van der Waals surface area contributed by atoms with E-state index in [4.69, 9.17) is 9.84 Å². The maximum Gasteiger partial charge on any atom is 0.308 e. The number of hydrogen-bond donors (Lipinski definition) is 2. The summed E-state index contributed by atoms with van der Waals surface area (Å²) in [5.74, 6) is -0.204. The molecular weight excluding hydrogens is 242 g/mol. The average Bonchev–Trinajstić information content (AvgIpc) is 2.78. The highest BCUT2D eigenvalue weighted by Gasteiger charge is 2.33. The first-order valence-corrected chi connectivity index (χ1v) is 5.30. The Kier molecular flexibility index (Phi) is 4.78. The van der Waals surface area contributed by atoms with Gasteiger partial charge in [-0.2, -0.15) is 0 Å². The maximum absolute atomic E-state index is 11.0. The van der Waals surface area contributed by atoms with E-state index < -0.39 is 5.97 Å². The molecule has 1 aliphatic rings. The van der Waals surface area contributed by atoms with Crippen molar-refractivity contribution in [3.8, 4) is 5.75 Å². The van der Waals surface area contributed by atoms with Crippen molar-refractivity contribution >= 4 is 18.4 Å². The van der Waals surface area contributed by atoms with E-state index in [1.165, 1.54) is 0 Å². The van der Waals surface area contributed by atoms with Crippen molar-refractivity contribution in [1.82, 2.24) is 5.32 Å². The molecule has 0 saturated carbocycles. The molecule has 5 heteroatoms. The molecule has 1 aliphatic heterocycles. The van der Waals surface area contributed by atoms with Crippen LogP contribution in [0.4, 0.5) is 0 Å². The molecule has 1 fully saturated rings. The SMILES string of the molecule is COc1ccc([C@@H]2CNC[C@H]2C(=O)O)cc1.Cl. The number of halogens is 1. The molecule has 0 amide bonds. The van der Waals surface area contributed by atoms with Gasteiger partial charge in [-0.05, 0) is 17.7 Å². The Labute approximate surface area is 106 Å². The first-order chi connectivity index (χ1) is 7.72. The lowest BCUT2D eigenvalue weighted by molar-refractivity contribution is -0.141. The highest BCUT2D eigenvalue weighted by atomic mass is 35.5. The zero-order valence-corrected chi connectivity index (χ0v) is 10.4. The van der Waals surface area contributed by atoms with Gasteiger partial charge in [0.2, 0.25) is 0 Å². The molecule has 0 unspecified atom stereocenters. The minimum absolute atomic E-state index is 0. The lowest BCUT2D eigenvalue weighted by Gasteiger charge is -2.15. The van der Waals surface area contributed by atoms with E-state index in [9.17, 15) is 4.79 Å². The van der Waals surface area contributed by atoms with Crippen LogP contribution in [0.15, 0.2) is 24.3 Å². The first-order valence-electron chi connectivity index (χ1n) is 5.30. The second-order valence-electron chi connectivity index (χ2n) is 3.98. The Bertz CT molecular complexity index is 380. The van der Waals surface area contributed by atoms with E-state index in [-0.39, 0.29) is 24.2 Å². The van der Waals surface area contributed by atoms with Gasteiger partial charge in [0, 0.05) is 19.0 Å². The van der Waals surface area contributed by atoms with E-state index in [1.54, 1.807) is 7.11 Å². The van der Waals surface area contributed by atoms with Crippen LogP contribution in [0, 0.1) is 5.92 Å². The lowest BCUT2D eigenvalue weighted by Crippen LogP contribution is -2.20. The van der Waals surface area contributed by atoms with Crippen molar-refractivity contribution in [1.29, 1.82) is 0 Å². The summed E-state index contributed by atoms with van der Waals surface area (Å²) in [4.78, 5) is 11.0. The predicted octanol–water partition coefficient (Wildman–Crippen LogP) is 1.50. The van der Waals surface area contributed by atoms with Gasteiger partial charge in [-0.3, -0.25) is 4.79 Å². The van der Waals surface area contributed by atoms with Crippen LogP contribution >= 0.6 is 12.4 Å². The van der Waals surface area contributed by atoms with Crippen LogP contribution < -0.4 is 10.1 Å². The van der Waals surface area contributed by atoms with Gasteiger partial charge in [-0.25, -0.2) is 0 Å². The Balaban J connectivity index is 0.00000144. The van der Waals surface area contributed by atoms with Crippen LogP contribution in [0.3, 0.4) is 0 Å². The van der Waals surface area contributed by atoms with E-state index >= 15 is 0 Å². The van der Waals surface area contributed by atoms with Gasteiger partial charge in [-0.15, -0.1) is 12.4 Å². The third kappa shape index (κ3) is 2.90. The molecule has 2 rings (SSSR count). The van der Waals surface area contributed by atoms with Gasteiger partial charge in [0.05, 0.1) is 13.0 Å². The standard InChI is InChI=1S/C12H15NO3.ClH/c1-16-9-4-2-8(3-5-9)10-6-13-7-11(10)12(14)15;/h2-5,10-11,13H,6-7H2,1H3,(H,14,15);1H/t10-,11+;/m0./s1. The van der Waals surface area contributed by atoms with Gasteiger partial charge in [-0.1, -0.05) is 12.1 Å². The van der Waals surface area contributed by atoms with E-state index in [1.807, 2.05) is 24.3 Å². The summed E-state index contributed by atoms with van der Waals surface area (Å²) >= 11 is 0. The molecule has 94 valence electrons. The summed E-state index contributed by atoms with van der Waals surface area (Å²) in [6.45, 7) is 1.27. The quantitative estimate of drug-likeness (QED) is 0.862. The first kappa shape index (κ1) is 13.8. The maximum atomic E-state index is 11.0. The molecule has 0 radical (unpaired) electrons. The Morgan fingerprint density at radius 3 is 2.53 bits per heavy atom. The molecule has 0 spiro atoms. The van der Waals surface area contributed by atoms with Crippen LogP contribution in [0.2, 0.25) is 0 Å². The van der Waals surface area contributed by atoms with Gasteiger partial charge in [0.1, 0.15) is 5.75 Å². The molecule has 0 aromatic heterocycles. The number of benzene rings is 1. The highest BCUT2D eigenvalue weighted by molar-refractivity contribution is 5.85. The smallest absolute Gasteiger partial charge is 0.308 e. The summed E-state index contributed by atoms with van der Waals surface area (Å²) in [7, 11) is 1.62. The normalized spacial score (nSPS) is 22.9. The summed E-state index contributed by atoms with van der Waals surface area (Å²) < 4.78 is 5.07. The molecule has 2 N–H and O–H groups in total. The number of methoxy groups -OCH3 is 1. The summed E-state index contributed by atoms with van der Waals surface area (Å²) in [5.41, 5.74) is 1.05. The molecule has 0 aliphatic carbocycles. The summed E-state index contributed by atoms with van der Waals surface area (Å²) in [5, 5.41) is 12.2. The molecular formula is C12H16ClNO3. The topological polar surface area (TPSA) is 58.6 Å². The fourth-order valence-electron chi connectivity index (χ4n) is 2.14. The Morgan fingerprint density at radius 2 is 2.00 bits per heavy atom. The van der Waals surface area contributed by atoms with Crippen LogP contribution in [0.1, 0.15) is 11.5 Å². The summed E-state index contributed by atoms with van der Waals surface area (Å²) in [6.07, 6.45) is 0. The number of aliphatic carboxylic acids is 1. The lowest BCUT2D eigenvalue weighted by atomic mass is 9.89. The minimum atomic E-state index is -0.731. The zero-order valence-electron chi connectivity index (χ0n) is 9.55. The van der Waals surface area contributed by atoms with Crippen molar-refractivity contribution < 1.29 is 14.6 Å². The number of nitrogens with one attached hydrogen (secondary N) is 1. The average molecular weight is 258 g/mol. The summed E-state index contributed by atoms with van der Waals surface area (Å²) in [6, 6.07) is 7.61. The second kappa shape index (κ2) is 5.89. The fraction of sp³-hybridized carbons (Fsp3) is 0.417. The van der Waals surface area contributed by atoms with Gasteiger partial charge in [0.25, 0.3) is 0 Å². The second-order valence-corrected chi connectivity index (χ2v) is 3.98. The van der Waals surface area contributed by atoms with Gasteiger partial charge >= 0.3 is 5.97 Å². The van der Waals surface area contributed by atoms with Crippen LogP contribution in [0.25, 0.3) is 0 Å². The number of rotatable bonds is 3. The largest absolute Gasteiger partial charge is 0.497 e. The molecule has 4 nitrogen and oxygen atoms in total. The predicted molar refractivity (Wildman–Crippen MR) is 67.0 cm³/mol. The van der Waals surface area contributed by atoms with Gasteiger partial charge in [0.15, 0.2) is 0 Å². The Morgan fingerprint density at radius 1 is 1.35 bits per heavy atom. The molecule has 1 saturated heterocycles. The monoisotopic (exact) mass is 257 g/mol. The molecule has 1 aromatic rings. The number of ether oxygens (including phenoxy) is 1. The number of carbonyl (C=O) groups is 1. The van der Waals surface area contributed by atoms with Crippen molar-refractivity contribution in [3.63, 3.8) is 0 Å². The van der Waals surface area contributed by atoms with Crippen molar-refractivity contribution in [3.05, 3.63) is 29.8 Å². The van der Waals surface area contributed by atoms with Crippen LogP contribution in [-0.4, -0.2) is 31.3 Å². The molecule has 2 atom stereocenters. The fourth-order valence-corrected chi connectivity index (χ4v) is 2.14. The number of carboxylic acid groups (broad SMARTS) is 1. The van der Waals surface area contributed by atoms with E-state index in [2.05, 4.69) is 5.32 Å². The Hall–Kier alpha value is -1.26. The molecule has 1 aromatic carbocycles. The van der Waals surface area contributed by atoms with Crippen molar-refractivity contribution in [2.24, 2.45) is 5.92 Å². The zero-order chi connectivity index (χ0) is 11.5.